The highest BCUT2D eigenvalue weighted by atomic mass is 16.2. The molecule has 19 heavy (non-hydrogen) atoms. The van der Waals surface area contributed by atoms with Crippen molar-refractivity contribution in [1.29, 1.82) is 0 Å². The highest BCUT2D eigenvalue weighted by molar-refractivity contribution is 5.94. The maximum Gasteiger partial charge on any atom is 0.227 e. The predicted octanol–water partition coefficient (Wildman–Crippen LogP) is 2.66. The third-order valence-electron chi connectivity index (χ3n) is 4.19. The number of para-hydroxylation sites is 1. The van der Waals surface area contributed by atoms with Crippen LogP contribution in [-0.2, 0) is 11.3 Å². The fourth-order valence-corrected chi connectivity index (χ4v) is 2.80. The van der Waals surface area contributed by atoms with E-state index in [-0.39, 0.29) is 0 Å². The first kappa shape index (κ1) is 12.7. The Kier molecular flexibility index (Phi) is 3.56. The van der Waals surface area contributed by atoms with E-state index in [1.54, 1.807) is 0 Å². The molecule has 0 unspecified atom stereocenters. The van der Waals surface area contributed by atoms with Crippen LogP contribution < -0.4 is 4.90 Å². The number of carbonyl (C=O) groups excluding carboxylic acids is 1. The van der Waals surface area contributed by atoms with Gasteiger partial charge in [0.1, 0.15) is 0 Å². The Morgan fingerprint density at radius 2 is 2.05 bits per heavy atom. The van der Waals surface area contributed by atoms with Crippen LogP contribution in [0.4, 0.5) is 5.69 Å². The zero-order valence-electron chi connectivity index (χ0n) is 11.6. The van der Waals surface area contributed by atoms with Crippen molar-refractivity contribution in [2.45, 2.75) is 32.2 Å². The van der Waals surface area contributed by atoms with Gasteiger partial charge in [-0.25, -0.2) is 0 Å². The molecule has 102 valence electrons. The number of rotatable bonds is 3. The van der Waals surface area contributed by atoms with Crippen LogP contribution in [-0.4, -0.2) is 30.9 Å². The van der Waals surface area contributed by atoms with Gasteiger partial charge in [-0.2, -0.15) is 0 Å². The van der Waals surface area contributed by atoms with E-state index in [1.807, 2.05) is 11.0 Å². The van der Waals surface area contributed by atoms with Crippen LogP contribution in [0.5, 0.6) is 0 Å². The maximum absolute atomic E-state index is 12.5. The number of benzene rings is 1. The molecule has 3 nitrogen and oxygen atoms in total. The third-order valence-corrected chi connectivity index (χ3v) is 4.19. The second-order valence-electron chi connectivity index (χ2n) is 5.89. The van der Waals surface area contributed by atoms with Gasteiger partial charge >= 0.3 is 0 Å². The van der Waals surface area contributed by atoms with Gasteiger partial charge in [0.05, 0.1) is 0 Å². The zero-order valence-corrected chi connectivity index (χ0v) is 11.6. The van der Waals surface area contributed by atoms with E-state index in [1.165, 1.54) is 18.4 Å². The largest absolute Gasteiger partial charge is 0.311 e. The molecule has 1 fully saturated rings. The minimum atomic E-state index is 0.301. The second-order valence-corrected chi connectivity index (χ2v) is 5.89. The number of amides is 1. The van der Waals surface area contributed by atoms with Gasteiger partial charge in [0, 0.05) is 31.7 Å². The van der Waals surface area contributed by atoms with Gasteiger partial charge in [0.2, 0.25) is 5.91 Å². The van der Waals surface area contributed by atoms with Crippen LogP contribution in [0, 0.1) is 5.92 Å². The van der Waals surface area contributed by atoms with E-state index in [0.29, 0.717) is 12.3 Å². The van der Waals surface area contributed by atoms with Gasteiger partial charge in [0.15, 0.2) is 0 Å². The van der Waals surface area contributed by atoms with Gasteiger partial charge in [-0.15, -0.1) is 0 Å². The van der Waals surface area contributed by atoms with Gasteiger partial charge in [0.25, 0.3) is 0 Å². The average Bonchev–Trinajstić information content (AvgIpc) is 3.22. The van der Waals surface area contributed by atoms with Crippen LogP contribution in [0.1, 0.15) is 31.2 Å². The van der Waals surface area contributed by atoms with Crippen molar-refractivity contribution in [3.05, 3.63) is 29.8 Å². The zero-order chi connectivity index (χ0) is 13.2. The molecular formula is C16H22N2O. The number of anilines is 1. The molecule has 3 rings (SSSR count). The summed E-state index contributed by atoms with van der Waals surface area (Å²) in [4.78, 5) is 16.7. The van der Waals surface area contributed by atoms with Crippen molar-refractivity contribution < 1.29 is 4.79 Å². The molecule has 0 N–H and O–H groups in total. The Morgan fingerprint density at radius 1 is 1.26 bits per heavy atom. The quantitative estimate of drug-likeness (QED) is 0.832. The first-order valence-electron chi connectivity index (χ1n) is 7.31. The summed E-state index contributed by atoms with van der Waals surface area (Å²) in [6, 6.07) is 8.32. The molecule has 0 radical (unpaired) electrons. The smallest absolute Gasteiger partial charge is 0.227 e. The highest BCUT2D eigenvalue weighted by Gasteiger charge is 2.26. The van der Waals surface area contributed by atoms with Crippen molar-refractivity contribution in [2.75, 3.05) is 25.0 Å². The number of hydrogen-bond donors (Lipinski definition) is 0. The van der Waals surface area contributed by atoms with E-state index < -0.39 is 0 Å². The molecule has 1 aromatic carbocycles. The van der Waals surface area contributed by atoms with Crippen molar-refractivity contribution in [1.82, 2.24) is 4.90 Å². The lowest BCUT2D eigenvalue weighted by atomic mass is 10.1. The molecule has 1 aliphatic carbocycles. The lowest BCUT2D eigenvalue weighted by Crippen LogP contribution is -2.35. The molecule has 0 aromatic heterocycles. The van der Waals surface area contributed by atoms with E-state index in [2.05, 4.69) is 30.1 Å². The standard InChI is InChI=1S/C16H22N2O/c1-17-10-11-18(16(19)9-8-13-6-7-13)15-5-3-2-4-14(15)12-17/h2-5,13H,6-12H2,1H3. The Labute approximate surface area is 115 Å². The Bertz CT molecular complexity index is 468. The lowest BCUT2D eigenvalue weighted by molar-refractivity contribution is -0.118. The van der Waals surface area contributed by atoms with Crippen molar-refractivity contribution in [3.63, 3.8) is 0 Å². The summed E-state index contributed by atoms with van der Waals surface area (Å²) < 4.78 is 0. The van der Waals surface area contributed by atoms with E-state index in [0.717, 1.165) is 37.7 Å². The van der Waals surface area contributed by atoms with Gasteiger partial charge in [-0.1, -0.05) is 31.0 Å². The maximum atomic E-state index is 12.5. The Morgan fingerprint density at radius 3 is 2.84 bits per heavy atom. The van der Waals surface area contributed by atoms with E-state index >= 15 is 0 Å². The third kappa shape index (κ3) is 2.98. The van der Waals surface area contributed by atoms with Crippen LogP contribution in [0.25, 0.3) is 0 Å². The first-order valence-corrected chi connectivity index (χ1v) is 7.31. The number of hydrogen-bond acceptors (Lipinski definition) is 2. The summed E-state index contributed by atoms with van der Waals surface area (Å²) in [7, 11) is 2.12. The Hall–Kier alpha value is -1.35. The second kappa shape index (κ2) is 5.33. The summed E-state index contributed by atoms with van der Waals surface area (Å²) >= 11 is 0. The van der Waals surface area contributed by atoms with Gasteiger partial charge < -0.3 is 9.80 Å². The molecule has 1 amide bonds. The highest BCUT2D eigenvalue weighted by Crippen LogP contribution is 2.34. The minimum Gasteiger partial charge on any atom is -0.311 e. The predicted molar refractivity (Wildman–Crippen MR) is 77.1 cm³/mol. The molecule has 0 spiro atoms. The van der Waals surface area contributed by atoms with Crippen LogP contribution >= 0.6 is 0 Å². The van der Waals surface area contributed by atoms with Crippen molar-refractivity contribution in [3.8, 4) is 0 Å². The molecular weight excluding hydrogens is 236 g/mol. The van der Waals surface area contributed by atoms with Gasteiger partial charge in [-0.3, -0.25) is 4.79 Å². The summed E-state index contributed by atoms with van der Waals surface area (Å²) in [5.41, 5.74) is 2.38. The normalized spacial score (nSPS) is 19.9. The van der Waals surface area contributed by atoms with E-state index in [4.69, 9.17) is 0 Å². The molecule has 0 saturated heterocycles. The van der Waals surface area contributed by atoms with Crippen molar-refractivity contribution >= 4 is 11.6 Å². The minimum absolute atomic E-state index is 0.301. The summed E-state index contributed by atoms with van der Waals surface area (Å²) in [6.45, 7) is 2.70. The summed E-state index contributed by atoms with van der Waals surface area (Å²) in [5, 5.41) is 0. The number of likely N-dealkylation sites (N-methyl/N-ethyl adjacent to an activating group) is 1. The van der Waals surface area contributed by atoms with Crippen molar-refractivity contribution in [2.24, 2.45) is 5.92 Å². The van der Waals surface area contributed by atoms with E-state index in [9.17, 15) is 4.79 Å². The van der Waals surface area contributed by atoms with Crippen LogP contribution in [0.2, 0.25) is 0 Å². The first-order chi connectivity index (χ1) is 9.24. The molecule has 2 aliphatic rings. The van der Waals surface area contributed by atoms with Crippen LogP contribution in [0.3, 0.4) is 0 Å². The van der Waals surface area contributed by atoms with Crippen LogP contribution in [0.15, 0.2) is 24.3 Å². The fraction of sp³-hybridized carbons (Fsp3) is 0.562. The average molecular weight is 258 g/mol. The number of carbonyl (C=O) groups is 1. The molecule has 0 atom stereocenters. The Balaban J connectivity index is 1.77. The fourth-order valence-electron chi connectivity index (χ4n) is 2.80. The molecule has 1 heterocycles. The molecule has 1 saturated carbocycles. The monoisotopic (exact) mass is 258 g/mol. The molecule has 1 aromatic rings. The summed E-state index contributed by atoms with van der Waals surface area (Å²) in [5.74, 6) is 1.13. The topological polar surface area (TPSA) is 23.6 Å². The summed E-state index contributed by atoms with van der Waals surface area (Å²) in [6.07, 6.45) is 4.44. The molecule has 3 heteroatoms. The molecule has 0 bridgehead atoms. The molecule has 1 aliphatic heterocycles. The van der Waals surface area contributed by atoms with Gasteiger partial charge in [-0.05, 0) is 31.0 Å². The number of fused-ring (bicyclic) bond motifs is 1. The SMILES string of the molecule is CN1CCN(C(=O)CCC2CC2)c2ccccc2C1. The lowest BCUT2D eigenvalue weighted by Gasteiger charge is -2.22. The number of nitrogens with zero attached hydrogens (tertiary/aromatic N) is 2.